The van der Waals surface area contributed by atoms with Crippen LogP contribution in [0.4, 0.5) is 8.78 Å². The molecule has 0 aliphatic carbocycles. The summed E-state index contributed by atoms with van der Waals surface area (Å²) in [5, 5.41) is 10.6. The van der Waals surface area contributed by atoms with Crippen molar-refractivity contribution >= 4 is 20.2 Å². The Morgan fingerprint density at radius 3 is 2.17 bits per heavy atom. The molecule has 1 N–H and O–H groups in total. The number of hydrogen-bond acceptors (Lipinski definition) is 7. The van der Waals surface area contributed by atoms with Crippen LogP contribution in [0.2, 0.25) is 0 Å². The van der Waals surface area contributed by atoms with Crippen LogP contribution in [-0.2, 0) is 34.2 Å². The third-order valence-corrected chi connectivity index (χ3v) is 4.07. The molecule has 0 aliphatic rings. The monoisotopic (exact) mass is 374 g/mol. The molecule has 0 bridgehead atoms. The van der Waals surface area contributed by atoms with Gasteiger partial charge < -0.3 is 5.11 Å². The number of benzene rings is 1. The molecule has 0 saturated heterocycles. The van der Waals surface area contributed by atoms with Crippen molar-refractivity contribution in [1.82, 2.24) is 0 Å². The highest BCUT2D eigenvalue weighted by Gasteiger charge is 2.42. The molecular weight excluding hydrogens is 358 g/mol. The maximum atomic E-state index is 13.9. The van der Waals surface area contributed by atoms with Crippen LogP contribution in [-0.4, -0.2) is 47.2 Å². The molecule has 0 saturated carbocycles. The van der Waals surface area contributed by atoms with Crippen molar-refractivity contribution in [3.63, 3.8) is 0 Å². The summed E-state index contributed by atoms with van der Waals surface area (Å²) in [6, 6.07) is 2.11. The van der Waals surface area contributed by atoms with E-state index in [1.807, 2.05) is 0 Å². The van der Waals surface area contributed by atoms with E-state index in [1.165, 1.54) is 0 Å². The lowest BCUT2D eigenvalue weighted by Crippen LogP contribution is -2.45. The molecule has 2 atom stereocenters. The molecule has 0 amide bonds. The number of aliphatic hydroxyl groups is 1. The van der Waals surface area contributed by atoms with Gasteiger partial charge in [-0.25, -0.2) is 8.78 Å². The Bertz CT molecular complexity index is 777. The summed E-state index contributed by atoms with van der Waals surface area (Å²) in [5.74, 6) is -2.15. The predicted octanol–water partition coefficient (Wildman–Crippen LogP) is 0.493. The van der Waals surface area contributed by atoms with E-state index < -0.39 is 55.7 Å². The normalized spacial score (nSPS) is 16.8. The lowest BCUT2D eigenvalue weighted by atomic mass is 9.89. The lowest BCUT2D eigenvalue weighted by Gasteiger charge is -2.33. The van der Waals surface area contributed by atoms with Crippen LogP contribution >= 0.6 is 0 Å². The van der Waals surface area contributed by atoms with Crippen molar-refractivity contribution in [3.8, 4) is 0 Å². The third-order valence-electron chi connectivity index (χ3n) is 2.88. The molecule has 132 valence electrons. The molecule has 7 nitrogen and oxygen atoms in total. The first kappa shape index (κ1) is 19.9. The number of hydrogen-bond donors (Lipinski definition) is 1. The zero-order chi connectivity index (χ0) is 18.1. The molecule has 0 aliphatic heterocycles. The van der Waals surface area contributed by atoms with Crippen molar-refractivity contribution in [2.45, 2.75) is 18.6 Å². The van der Waals surface area contributed by atoms with Gasteiger partial charge in [0.15, 0.2) is 0 Å². The van der Waals surface area contributed by atoms with E-state index in [9.17, 15) is 30.7 Å². The minimum absolute atomic E-state index is 0.452. The van der Waals surface area contributed by atoms with Crippen LogP contribution in [0.5, 0.6) is 0 Å². The van der Waals surface area contributed by atoms with E-state index in [4.69, 9.17) is 0 Å². The second-order valence-electron chi connectivity index (χ2n) is 4.96. The van der Waals surface area contributed by atoms with Gasteiger partial charge in [0.1, 0.15) is 29.9 Å². The molecule has 0 fully saturated rings. The zero-order valence-electron chi connectivity index (χ0n) is 12.5. The van der Waals surface area contributed by atoms with E-state index in [0.717, 1.165) is 19.1 Å². The number of halogens is 2. The molecule has 0 spiro atoms. The zero-order valence-corrected chi connectivity index (χ0v) is 14.1. The highest BCUT2D eigenvalue weighted by Crippen LogP contribution is 2.31. The Labute approximate surface area is 133 Å². The van der Waals surface area contributed by atoms with E-state index in [0.29, 0.717) is 18.6 Å². The molecule has 0 radical (unpaired) electrons. The summed E-state index contributed by atoms with van der Waals surface area (Å²) >= 11 is 0. The molecule has 1 aromatic rings. The van der Waals surface area contributed by atoms with Crippen LogP contribution in [0.1, 0.15) is 12.5 Å². The second kappa shape index (κ2) is 6.77. The molecule has 0 unspecified atom stereocenters. The molecular formula is C12H16F2O7S2. The fraction of sp³-hybridized carbons (Fsp3) is 0.500. The molecule has 1 rings (SSSR count). The van der Waals surface area contributed by atoms with E-state index >= 15 is 0 Å². The van der Waals surface area contributed by atoms with Crippen molar-refractivity contribution in [3.05, 3.63) is 35.4 Å². The smallest absolute Gasteiger partial charge is 0.264 e. The first-order valence-electron chi connectivity index (χ1n) is 6.15. The Hall–Kier alpha value is -1.14. The van der Waals surface area contributed by atoms with Gasteiger partial charge in [0.2, 0.25) is 0 Å². The summed E-state index contributed by atoms with van der Waals surface area (Å²) in [7, 11) is -8.08. The van der Waals surface area contributed by atoms with Gasteiger partial charge in [0.25, 0.3) is 20.2 Å². The largest absolute Gasteiger partial charge is 0.380 e. The molecule has 23 heavy (non-hydrogen) atoms. The minimum Gasteiger partial charge on any atom is -0.380 e. The quantitative estimate of drug-likeness (QED) is 0.692. The topological polar surface area (TPSA) is 107 Å². The summed E-state index contributed by atoms with van der Waals surface area (Å²) in [6.07, 6.45) is -0.224. The van der Waals surface area contributed by atoms with Crippen LogP contribution in [0.3, 0.4) is 0 Å². The van der Waals surface area contributed by atoms with Gasteiger partial charge in [-0.3, -0.25) is 8.37 Å². The average Bonchev–Trinajstić information content (AvgIpc) is 2.33. The number of rotatable bonds is 7. The van der Waals surface area contributed by atoms with Crippen molar-refractivity contribution in [2.24, 2.45) is 0 Å². The molecule has 0 heterocycles. The fourth-order valence-corrected chi connectivity index (χ4v) is 2.87. The van der Waals surface area contributed by atoms with E-state index in [2.05, 4.69) is 8.37 Å². The first-order valence-corrected chi connectivity index (χ1v) is 9.78. The van der Waals surface area contributed by atoms with Crippen molar-refractivity contribution in [1.29, 1.82) is 0 Å². The van der Waals surface area contributed by atoms with Gasteiger partial charge in [0, 0.05) is 11.6 Å². The molecule has 0 aromatic heterocycles. The Kier molecular flexibility index (Phi) is 5.86. The second-order valence-corrected chi connectivity index (χ2v) is 8.20. The standard InChI is InChI=1S/C12H16F2O7S2/c1-8(21-23(3,18)19)12(15,7-20-22(2,16)17)10-5-4-9(13)6-11(10)14/h4-6,8,15H,7H2,1-3H3/t8-,12-/m1/s1. The van der Waals surface area contributed by atoms with Crippen LogP contribution in [0.25, 0.3) is 0 Å². The Morgan fingerprint density at radius 2 is 1.74 bits per heavy atom. The molecule has 1 aromatic carbocycles. The van der Waals surface area contributed by atoms with Crippen LogP contribution in [0, 0.1) is 11.6 Å². The molecule has 11 heteroatoms. The van der Waals surface area contributed by atoms with Crippen molar-refractivity contribution < 1.29 is 39.1 Å². The summed E-state index contributed by atoms with van der Waals surface area (Å²) in [6.45, 7) is 0.0561. The van der Waals surface area contributed by atoms with Crippen molar-refractivity contribution in [2.75, 3.05) is 19.1 Å². The van der Waals surface area contributed by atoms with Crippen LogP contribution < -0.4 is 0 Å². The van der Waals surface area contributed by atoms with E-state index in [1.54, 1.807) is 0 Å². The van der Waals surface area contributed by atoms with E-state index in [-0.39, 0.29) is 0 Å². The average molecular weight is 374 g/mol. The van der Waals surface area contributed by atoms with Crippen LogP contribution in [0.15, 0.2) is 18.2 Å². The van der Waals surface area contributed by atoms with Gasteiger partial charge in [-0.05, 0) is 13.0 Å². The summed E-state index contributed by atoms with van der Waals surface area (Å²) in [5.41, 5.74) is -3.07. The highest BCUT2D eigenvalue weighted by molar-refractivity contribution is 7.86. The summed E-state index contributed by atoms with van der Waals surface area (Å²) in [4.78, 5) is 0. The predicted molar refractivity (Wildman–Crippen MR) is 76.4 cm³/mol. The first-order chi connectivity index (χ1) is 10.2. The van der Waals surface area contributed by atoms with Gasteiger partial charge in [0.05, 0.1) is 12.5 Å². The highest BCUT2D eigenvalue weighted by atomic mass is 32.2. The SMILES string of the molecule is C[C@@H](OS(C)(=O)=O)[C@](O)(COS(C)(=O)=O)c1ccc(F)cc1F. The van der Waals surface area contributed by atoms with Gasteiger partial charge in [-0.2, -0.15) is 16.8 Å². The third kappa shape index (κ3) is 5.77. The lowest BCUT2D eigenvalue weighted by molar-refractivity contribution is -0.0853. The minimum atomic E-state index is -4.05. The Morgan fingerprint density at radius 1 is 1.17 bits per heavy atom. The summed E-state index contributed by atoms with van der Waals surface area (Å²) < 4.78 is 80.7. The van der Waals surface area contributed by atoms with Gasteiger partial charge in [-0.1, -0.05) is 6.07 Å². The fourth-order valence-electron chi connectivity index (χ4n) is 1.79. The Balaban J connectivity index is 3.34. The maximum Gasteiger partial charge on any atom is 0.264 e. The maximum absolute atomic E-state index is 13.9. The van der Waals surface area contributed by atoms with Gasteiger partial charge in [-0.15, -0.1) is 0 Å². The van der Waals surface area contributed by atoms with Gasteiger partial charge >= 0.3 is 0 Å².